The number of hydrogen-bond donors (Lipinski definition) is 0. The van der Waals surface area contributed by atoms with E-state index in [4.69, 9.17) is 32.7 Å². The molecule has 11 aliphatic rings. The lowest BCUT2D eigenvalue weighted by molar-refractivity contribution is -0.166. The highest BCUT2D eigenvalue weighted by molar-refractivity contribution is 7.91. The Balaban J connectivity index is 0.000000134. The average molecular weight is 2060 g/mol. The van der Waals surface area contributed by atoms with E-state index in [-0.39, 0.29) is 190 Å². The van der Waals surface area contributed by atoms with Crippen molar-refractivity contribution in [3.63, 3.8) is 0 Å². The van der Waals surface area contributed by atoms with Crippen LogP contribution in [0.25, 0.3) is 0 Å². The first kappa shape index (κ1) is 101. The van der Waals surface area contributed by atoms with E-state index in [1.54, 1.807) is 25.7 Å². The lowest BCUT2D eigenvalue weighted by Gasteiger charge is -2.25. The molecule has 8 aromatic rings. The predicted octanol–water partition coefficient (Wildman–Crippen LogP) is 13.0. The molecule has 4 amide bonds. The van der Waals surface area contributed by atoms with Crippen LogP contribution in [-0.2, 0) is 88.9 Å². The number of sulfone groups is 4. The van der Waals surface area contributed by atoms with Gasteiger partial charge in [-0.3, -0.25) is 19.2 Å². The van der Waals surface area contributed by atoms with E-state index in [9.17, 15) is 123 Å². The van der Waals surface area contributed by atoms with Crippen molar-refractivity contribution in [2.75, 3.05) is 90.6 Å². The second-order valence-electron chi connectivity index (χ2n) is 38.5. The van der Waals surface area contributed by atoms with Crippen LogP contribution in [0.15, 0.2) is 110 Å². The van der Waals surface area contributed by atoms with Gasteiger partial charge in [0.25, 0.3) is 35.5 Å². The van der Waals surface area contributed by atoms with Crippen molar-refractivity contribution >= 4 is 63.0 Å². The van der Waals surface area contributed by atoms with E-state index in [1.165, 1.54) is 57.2 Å². The van der Waals surface area contributed by atoms with Gasteiger partial charge in [-0.25, -0.2) is 51.2 Å². The van der Waals surface area contributed by atoms with Crippen LogP contribution in [0.1, 0.15) is 195 Å². The van der Waals surface area contributed by atoms with Gasteiger partial charge in [-0.2, -0.15) is 72.6 Å². The molecule has 756 valence electrons. The smallest absolute Gasteiger partial charge is 0.471 e. The summed E-state index contributed by atoms with van der Waals surface area (Å²) in [6.07, 6.45) is -15.9. The summed E-state index contributed by atoms with van der Waals surface area (Å²) in [4.78, 5) is 74.2. The fourth-order valence-corrected chi connectivity index (χ4v) is 21.1. The molecule has 53 heteroatoms. The zero-order valence-electron chi connectivity index (χ0n) is 75.5. The van der Waals surface area contributed by atoms with Gasteiger partial charge in [-0.15, -0.1) is 0 Å². The Morgan fingerprint density at radius 1 is 0.424 bits per heavy atom. The first-order valence-electron chi connectivity index (χ1n) is 43.3. The number of halogens is 16. The third-order valence-electron chi connectivity index (χ3n) is 27.7. The fraction of sp³-hybridized carbons (Fsp3) is 0.581. The maximum atomic E-state index is 13.8. The van der Waals surface area contributed by atoms with Crippen molar-refractivity contribution < 1.29 is 165 Å². The molecule has 0 radical (unpaired) electrons. The molecule has 11 fully saturated rings. The lowest BCUT2D eigenvalue weighted by Crippen LogP contribution is -2.35. The number of nitrogens with zero attached hydrogens (tertiary/aromatic N) is 12. The minimum Gasteiger partial charge on any atom is -0.490 e. The normalized spacial score (nSPS) is 25.8. The number of ether oxygens (including phenoxy) is 5. The molecule has 4 aromatic carbocycles. The van der Waals surface area contributed by atoms with Crippen LogP contribution in [0.3, 0.4) is 0 Å². The van der Waals surface area contributed by atoms with Gasteiger partial charge in [-0.1, -0.05) is 27.6 Å². The van der Waals surface area contributed by atoms with Gasteiger partial charge < -0.3 is 61.4 Å². The Morgan fingerprint density at radius 3 is 1.17 bits per heavy atom. The third kappa shape index (κ3) is 19.3. The zero-order valence-corrected chi connectivity index (χ0v) is 78.8. The fourth-order valence-electron chi connectivity index (χ4n) is 18.5. The number of carbonyl (C=O) groups is 4. The molecule has 139 heavy (non-hydrogen) atoms. The summed E-state index contributed by atoms with van der Waals surface area (Å²) >= 11 is 0. The van der Waals surface area contributed by atoms with Crippen LogP contribution < -0.4 is 18.9 Å². The Bertz CT molecular complexity index is 6710. The van der Waals surface area contributed by atoms with E-state index < -0.39 is 173 Å². The molecule has 6 aliphatic carbocycles. The number of aromatic nitrogens is 8. The first-order valence-corrected chi connectivity index (χ1v) is 50.9. The first-order chi connectivity index (χ1) is 64.1. The van der Waals surface area contributed by atoms with E-state index in [2.05, 4.69) is 49.6 Å². The SMILES string of the molecule is CC(C)Oc1ccc(S(C)(=O)=O)cc1C(=O)N1CC2CC2(c2noc(C3(C(F)(F)F)CC3)n2)C1.CC(Oc1ccc(S(C)(=O)=O)cc1C(=O)N1CC2(C)CC2(c2noc(C(F)(F)F)n2)C1)C(C)(F)F.CC(Oc1ccc(S(C)(=O)=O)cc1C(=O)N1CC2CC2(c2nc(C3(C(F)(F)F)CC3)no2)C1)C(C)(F)F.CS(=O)(=O)c1ccc(OC2CCOC2)c(C(=O)N2CC3CC3(c3noc(C(F)(F)F)n3)C2)c1. The van der Waals surface area contributed by atoms with Gasteiger partial charge in [0, 0.05) is 103 Å². The number of likely N-dealkylation sites (tertiary alicyclic amines) is 4. The molecule has 19 rings (SSSR count). The van der Waals surface area contributed by atoms with Crippen molar-refractivity contribution in [1.29, 1.82) is 0 Å². The highest BCUT2D eigenvalue weighted by Gasteiger charge is 2.75. The van der Waals surface area contributed by atoms with Gasteiger partial charge in [0.15, 0.2) is 74.9 Å². The number of fused-ring (bicyclic) bond motifs is 4. The largest absolute Gasteiger partial charge is 0.490 e. The van der Waals surface area contributed by atoms with Gasteiger partial charge in [0.05, 0.1) is 82.8 Å². The highest BCUT2D eigenvalue weighted by atomic mass is 32.2. The molecule has 5 saturated heterocycles. The van der Waals surface area contributed by atoms with Crippen LogP contribution >= 0.6 is 0 Å². The Kier molecular flexibility index (Phi) is 24.7. The standard InChI is InChI=1S/C23H24F5N3O5S.C22H24F3N3O5S.C21H22F5N3O5S.C20H20F3N3O6S/c1-12(20(2,24)25)35-16-5-4-14(37(3,33)34)8-15(16)17(32)31-10-13-9-21(13,11-31)19-29-18(30-36-19)22(6-7-22)23(26,27)28;1-12(2)32-16-5-4-14(34(3,30)31)8-15(16)17(29)28-10-13-9-20(13,11-28)18-26-19(33-27-18)21(6-7-21)22(23,24)25;1-11(19(3,22)23)33-14-6-5-12(35(4,31)32)7-13(14)15(30)29-9-18(2)8-20(18,10-29)16-27-17(34-28-16)21(24,25)26;1-33(28,29)13-2-3-15(31-12-4-5-30-9-12)14(6-13)16(27)26-8-11-7-19(11,10-26)17-24-18(32-25-17)20(21,22)23/h4-5,8,12-13H,6-7,9-11H2,1-3H3;4-5,8,12-13H,6-7,9-11H2,1-3H3;5-7,11H,8-10H2,1-4H3;2-3,6,11-12H,4-5,7-10H2,1H3. The molecular weight excluding hydrogens is 1970 g/mol. The molecule has 0 N–H and O–H groups in total. The Labute approximate surface area is 782 Å². The average Bonchev–Trinajstić information content (AvgIpc) is 1.50. The summed E-state index contributed by atoms with van der Waals surface area (Å²) in [6.45, 7) is 11.0. The molecule has 5 aliphatic heterocycles. The Morgan fingerprint density at radius 2 is 0.777 bits per heavy atom. The third-order valence-corrected chi connectivity index (χ3v) is 32.1. The van der Waals surface area contributed by atoms with E-state index in [1.807, 2.05) is 0 Å². The second-order valence-corrected chi connectivity index (χ2v) is 46.5. The summed E-state index contributed by atoms with van der Waals surface area (Å²) in [5.41, 5.74) is -8.29. The number of rotatable bonds is 24. The molecule has 0 spiro atoms. The molecule has 4 aromatic heterocycles. The molecular formula is C86H90F16N12O21S4. The lowest BCUT2D eigenvalue weighted by atomic mass is 9.98. The van der Waals surface area contributed by atoms with E-state index >= 15 is 0 Å². The predicted molar refractivity (Wildman–Crippen MR) is 444 cm³/mol. The van der Waals surface area contributed by atoms with Crippen molar-refractivity contribution in [2.45, 2.75) is 219 Å². The number of alkyl halides is 16. The van der Waals surface area contributed by atoms with Crippen molar-refractivity contribution in [3.8, 4) is 23.0 Å². The number of carbonyl (C=O) groups excluding carboxylic acids is 4. The highest BCUT2D eigenvalue weighted by Crippen LogP contribution is 2.69. The molecule has 0 bridgehead atoms. The maximum absolute atomic E-state index is 13.8. The summed E-state index contributed by atoms with van der Waals surface area (Å²) in [7, 11) is -14.6. The zero-order chi connectivity index (χ0) is 102. The molecule has 11 unspecified atom stereocenters. The number of amides is 4. The topological polar surface area (TPSA) is 420 Å². The summed E-state index contributed by atoms with van der Waals surface area (Å²) in [5, 5.41) is 14.5. The monoisotopic (exact) mass is 2060 g/mol. The summed E-state index contributed by atoms with van der Waals surface area (Å²) in [5.74, 6) is -12.7. The number of piperidine rings is 4. The van der Waals surface area contributed by atoms with Crippen LogP contribution in [0.4, 0.5) is 70.2 Å². The molecule has 9 heterocycles. The van der Waals surface area contributed by atoms with Gasteiger partial charge in [0.2, 0.25) is 11.8 Å². The quantitative estimate of drug-likeness (QED) is 0.0507. The minimum absolute atomic E-state index is 0.00397. The van der Waals surface area contributed by atoms with Crippen LogP contribution in [0.2, 0.25) is 0 Å². The van der Waals surface area contributed by atoms with Gasteiger partial charge >= 0.3 is 36.5 Å². The number of benzene rings is 4. The maximum Gasteiger partial charge on any atom is 0.471 e. The van der Waals surface area contributed by atoms with Crippen LogP contribution in [0.5, 0.6) is 23.0 Å². The van der Waals surface area contributed by atoms with Crippen LogP contribution in [0, 0.1) is 23.2 Å². The number of hydrogen-bond acceptors (Lipinski definition) is 29. The van der Waals surface area contributed by atoms with Gasteiger partial charge in [-0.05, 0) is 170 Å². The van der Waals surface area contributed by atoms with E-state index in [0.29, 0.717) is 65.7 Å². The minimum atomic E-state index is -4.82. The van der Waals surface area contributed by atoms with Gasteiger partial charge in [0.1, 0.15) is 39.9 Å². The van der Waals surface area contributed by atoms with Crippen LogP contribution in [-0.4, -0.2) is 257 Å². The van der Waals surface area contributed by atoms with E-state index in [0.717, 1.165) is 69.2 Å². The molecule has 33 nitrogen and oxygen atoms in total. The van der Waals surface area contributed by atoms with Crippen molar-refractivity contribution in [2.24, 2.45) is 23.2 Å². The molecule has 6 saturated carbocycles. The van der Waals surface area contributed by atoms with Crippen molar-refractivity contribution in [1.82, 2.24) is 60.2 Å². The summed E-state index contributed by atoms with van der Waals surface area (Å²) in [6, 6.07) is 15.0. The summed E-state index contributed by atoms with van der Waals surface area (Å²) < 4.78 is 356. The Hall–Kier alpha value is -10.8. The second kappa shape index (κ2) is 34.0. The van der Waals surface area contributed by atoms with Crippen molar-refractivity contribution in [3.05, 3.63) is 142 Å². The molecule has 11 atom stereocenters.